The fourth-order valence-electron chi connectivity index (χ4n) is 3.71. The van der Waals surface area contributed by atoms with E-state index < -0.39 is 10.0 Å². The van der Waals surface area contributed by atoms with Gasteiger partial charge in [-0.25, -0.2) is 13.1 Å². The van der Waals surface area contributed by atoms with Gasteiger partial charge in [-0.15, -0.1) is 0 Å². The Kier molecular flexibility index (Phi) is 4.54. The summed E-state index contributed by atoms with van der Waals surface area (Å²) in [5.41, 5.74) is 6.09. The zero-order valence-corrected chi connectivity index (χ0v) is 15.6. The molecule has 24 heavy (non-hydrogen) atoms. The number of rotatable bonds is 3. The molecule has 2 aromatic carbocycles. The van der Waals surface area contributed by atoms with E-state index in [-0.39, 0.29) is 6.04 Å². The maximum atomic E-state index is 13.1. The van der Waals surface area contributed by atoms with Crippen molar-refractivity contribution in [2.45, 2.75) is 57.9 Å². The lowest BCUT2D eigenvalue weighted by atomic mass is 9.88. The summed E-state index contributed by atoms with van der Waals surface area (Å²) < 4.78 is 29.3. The fourth-order valence-corrected chi connectivity index (χ4v) is 5.57. The van der Waals surface area contributed by atoms with Crippen LogP contribution in [0.4, 0.5) is 0 Å². The number of nitrogens with one attached hydrogen (secondary N) is 1. The van der Waals surface area contributed by atoms with Crippen molar-refractivity contribution in [3.05, 3.63) is 63.7 Å². The molecule has 0 bridgehead atoms. The number of hydrogen-bond donors (Lipinski definition) is 1. The fraction of sp³-hybridized carbons (Fsp3) is 0.400. The van der Waals surface area contributed by atoms with Crippen molar-refractivity contribution in [1.29, 1.82) is 0 Å². The molecule has 1 N–H and O–H groups in total. The van der Waals surface area contributed by atoms with Crippen LogP contribution in [0.3, 0.4) is 0 Å². The van der Waals surface area contributed by atoms with Gasteiger partial charge in [-0.1, -0.05) is 30.3 Å². The van der Waals surface area contributed by atoms with Gasteiger partial charge in [-0.2, -0.15) is 0 Å². The van der Waals surface area contributed by atoms with Crippen LogP contribution in [-0.2, 0) is 16.4 Å². The van der Waals surface area contributed by atoms with Gasteiger partial charge in [0, 0.05) is 6.04 Å². The molecule has 1 aliphatic rings. The summed E-state index contributed by atoms with van der Waals surface area (Å²) in [4.78, 5) is 0.447. The molecule has 0 heterocycles. The second kappa shape index (κ2) is 6.34. The Bertz CT molecular complexity index is 859. The SMILES string of the molecule is Cc1cc(C)c(C)c(S(=O)(=O)NC2CCCc3ccccc32)c1C. The van der Waals surface area contributed by atoms with E-state index >= 15 is 0 Å². The summed E-state index contributed by atoms with van der Waals surface area (Å²) in [6, 6.07) is 10.1. The van der Waals surface area contributed by atoms with Crippen molar-refractivity contribution in [3.63, 3.8) is 0 Å². The van der Waals surface area contributed by atoms with Gasteiger partial charge in [-0.05, 0) is 80.3 Å². The Morgan fingerprint density at radius 3 is 2.29 bits per heavy atom. The molecule has 2 aromatic rings. The standard InChI is InChI=1S/C20H25NO2S/c1-13-12-14(2)16(4)20(15(13)3)24(22,23)21-19-11-7-9-17-8-5-6-10-18(17)19/h5-6,8,10,12,19,21H,7,9,11H2,1-4H3. The lowest BCUT2D eigenvalue weighted by molar-refractivity contribution is 0.506. The first-order chi connectivity index (χ1) is 11.3. The van der Waals surface area contributed by atoms with Crippen molar-refractivity contribution < 1.29 is 8.42 Å². The van der Waals surface area contributed by atoms with Crippen molar-refractivity contribution in [2.24, 2.45) is 0 Å². The molecule has 128 valence electrons. The predicted molar refractivity (Wildman–Crippen MR) is 97.8 cm³/mol. The van der Waals surface area contributed by atoms with Crippen LogP contribution in [0, 0.1) is 27.7 Å². The Balaban J connectivity index is 2.03. The summed E-state index contributed by atoms with van der Waals surface area (Å²) in [6.45, 7) is 7.73. The van der Waals surface area contributed by atoms with Crippen molar-refractivity contribution >= 4 is 10.0 Å². The highest BCUT2D eigenvalue weighted by Gasteiger charge is 2.28. The zero-order valence-electron chi connectivity index (χ0n) is 14.8. The first-order valence-electron chi connectivity index (χ1n) is 8.49. The van der Waals surface area contributed by atoms with Gasteiger partial charge in [-0.3, -0.25) is 0 Å². The van der Waals surface area contributed by atoms with Crippen LogP contribution in [0.15, 0.2) is 35.2 Å². The van der Waals surface area contributed by atoms with Crippen LogP contribution in [0.1, 0.15) is 52.3 Å². The summed E-state index contributed by atoms with van der Waals surface area (Å²) >= 11 is 0. The Labute approximate surface area is 145 Å². The molecule has 4 heteroatoms. The highest BCUT2D eigenvalue weighted by molar-refractivity contribution is 7.89. The topological polar surface area (TPSA) is 46.2 Å². The monoisotopic (exact) mass is 343 g/mol. The molecule has 0 spiro atoms. The van der Waals surface area contributed by atoms with Gasteiger partial charge in [0.15, 0.2) is 0 Å². The minimum Gasteiger partial charge on any atom is -0.207 e. The minimum atomic E-state index is -3.56. The van der Waals surface area contributed by atoms with Gasteiger partial charge in [0.25, 0.3) is 0 Å². The first kappa shape index (κ1) is 17.2. The van der Waals surface area contributed by atoms with Gasteiger partial charge in [0.1, 0.15) is 0 Å². The smallest absolute Gasteiger partial charge is 0.207 e. The second-order valence-corrected chi connectivity index (χ2v) is 8.51. The van der Waals surface area contributed by atoms with E-state index in [1.54, 1.807) is 0 Å². The summed E-state index contributed by atoms with van der Waals surface area (Å²) in [5, 5.41) is 0. The van der Waals surface area contributed by atoms with E-state index in [0.29, 0.717) is 4.90 Å². The third kappa shape index (κ3) is 3.01. The highest BCUT2D eigenvalue weighted by atomic mass is 32.2. The van der Waals surface area contributed by atoms with Crippen LogP contribution < -0.4 is 4.72 Å². The summed E-state index contributed by atoms with van der Waals surface area (Å²) in [6.07, 6.45) is 2.88. The third-order valence-electron chi connectivity index (χ3n) is 5.23. The summed E-state index contributed by atoms with van der Waals surface area (Å²) in [5.74, 6) is 0. The molecule has 0 radical (unpaired) electrons. The second-order valence-electron chi connectivity index (χ2n) is 6.85. The maximum absolute atomic E-state index is 13.1. The lowest BCUT2D eigenvalue weighted by Gasteiger charge is -2.27. The van der Waals surface area contributed by atoms with Gasteiger partial charge in [0.2, 0.25) is 10.0 Å². The Morgan fingerprint density at radius 1 is 1.00 bits per heavy atom. The minimum absolute atomic E-state index is 0.139. The van der Waals surface area contributed by atoms with Crippen LogP contribution in [-0.4, -0.2) is 8.42 Å². The molecule has 1 atom stereocenters. The normalized spacial score (nSPS) is 17.6. The largest absolute Gasteiger partial charge is 0.241 e. The third-order valence-corrected chi connectivity index (χ3v) is 6.98. The molecule has 3 nitrogen and oxygen atoms in total. The molecule has 3 rings (SSSR count). The maximum Gasteiger partial charge on any atom is 0.241 e. The van der Waals surface area contributed by atoms with Gasteiger partial charge >= 0.3 is 0 Å². The van der Waals surface area contributed by atoms with E-state index in [1.165, 1.54) is 5.56 Å². The quantitative estimate of drug-likeness (QED) is 0.904. The average molecular weight is 343 g/mol. The molecule has 0 aromatic heterocycles. The van der Waals surface area contributed by atoms with E-state index in [4.69, 9.17) is 0 Å². The molecule has 0 saturated heterocycles. The lowest BCUT2D eigenvalue weighted by Crippen LogP contribution is -2.32. The number of aryl methyl sites for hydroxylation is 3. The van der Waals surface area contributed by atoms with Crippen LogP contribution in [0.25, 0.3) is 0 Å². The molecule has 0 fully saturated rings. The molecule has 0 saturated carbocycles. The van der Waals surface area contributed by atoms with Gasteiger partial charge in [0.05, 0.1) is 4.90 Å². The molecule has 1 unspecified atom stereocenters. The average Bonchev–Trinajstić information content (AvgIpc) is 2.53. The number of hydrogen-bond acceptors (Lipinski definition) is 2. The van der Waals surface area contributed by atoms with Crippen LogP contribution >= 0.6 is 0 Å². The van der Waals surface area contributed by atoms with E-state index in [9.17, 15) is 8.42 Å². The van der Waals surface area contributed by atoms with Crippen LogP contribution in [0.5, 0.6) is 0 Å². The Hall–Kier alpha value is -1.65. The van der Waals surface area contributed by atoms with Gasteiger partial charge < -0.3 is 0 Å². The van der Waals surface area contributed by atoms with Crippen molar-refractivity contribution in [2.75, 3.05) is 0 Å². The van der Waals surface area contributed by atoms with E-state index in [1.807, 2.05) is 45.9 Å². The van der Waals surface area contributed by atoms with E-state index in [2.05, 4.69) is 16.9 Å². The van der Waals surface area contributed by atoms with Crippen molar-refractivity contribution in [3.8, 4) is 0 Å². The molecular formula is C20H25NO2S. The Morgan fingerprint density at radius 2 is 1.62 bits per heavy atom. The number of fused-ring (bicyclic) bond motifs is 1. The number of benzene rings is 2. The number of sulfonamides is 1. The zero-order chi connectivity index (χ0) is 17.5. The van der Waals surface area contributed by atoms with E-state index in [0.717, 1.165) is 47.1 Å². The summed E-state index contributed by atoms with van der Waals surface area (Å²) in [7, 11) is -3.56. The molecular weight excluding hydrogens is 318 g/mol. The molecule has 0 aliphatic heterocycles. The molecule has 1 aliphatic carbocycles. The molecule has 0 amide bonds. The van der Waals surface area contributed by atoms with Crippen LogP contribution in [0.2, 0.25) is 0 Å². The highest BCUT2D eigenvalue weighted by Crippen LogP contribution is 2.32. The predicted octanol–water partition coefficient (Wildman–Crippen LogP) is 4.28. The first-order valence-corrected chi connectivity index (χ1v) is 9.97. The van der Waals surface area contributed by atoms with Crippen molar-refractivity contribution in [1.82, 2.24) is 4.72 Å².